The van der Waals surface area contributed by atoms with E-state index in [9.17, 15) is 5.11 Å². The highest BCUT2D eigenvalue weighted by Crippen LogP contribution is 2.26. The van der Waals surface area contributed by atoms with Gasteiger partial charge in [0.25, 0.3) is 0 Å². The van der Waals surface area contributed by atoms with E-state index in [1.165, 1.54) is 18.4 Å². The Labute approximate surface area is 99.5 Å². The van der Waals surface area contributed by atoms with E-state index in [0.29, 0.717) is 5.92 Å². The third-order valence-electron chi connectivity index (χ3n) is 3.24. The standard InChI is InChI=1S/C15H24O/c1-3-5-7-12-15(16)14(4-2)13-10-8-6-9-11-13/h6,8-11,14-16H,3-5,7,12H2,1-2H3. The zero-order chi connectivity index (χ0) is 11.8. The van der Waals surface area contributed by atoms with Crippen molar-refractivity contribution in [3.8, 4) is 0 Å². The second-order valence-corrected chi connectivity index (χ2v) is 4.49. The number of aliphatic hydroxyl groups excluding tert-OH is 1. The van der Waals surface area contributed by atoms with Crippen LogP contribution < -0.4 is 0 Å². The molecule has 1 nitrogen and oxygen atoms in total. The van der Waals surface area contributed by atoms with Gasteiger partial charge in [-0.15, -0.1) is 0 Å². The molecule has 16 heavy (non-hydrogen) atoms. The summed E-state index contributed by atoms with van der Waals surface area (Å²) in [6.45, 7) is 4.35. The van der Waals surface area contributed by atoms with Gasteiger partial charge in [-0.1, -0.05) is 63.4 Å². The summed E-state index contributed by atoms with van der Waals surface area (Å²) in [6.07, 6.45) is 5.34. The molecule has 1 rings (SSSR count). The van der Waals surface area contributed by atoms with E-state index in [-0.39, 0.29) is 6.10 Å². The highest BCUT2D eigenvalue weighted by atomic mass is 16.3. The van der Waals surface area contributed by atoms with Gasteiger partial charge in [0.2, 0.25) is 0 Å². The van der Waals surface area contributed by atoms with Gasteiger partial charge in [-0.3, -0.25) is 0 Å². The van der Waals surface area contributed by atoms with Crippen molar-refractivity contribution in [3.05, 3.63) is 35.9 Å². The van der Waals surface area contributed by atoms with Crippen LogP contribution >= 0.6 is 0 Å². The lowest BCUT2D eigenvalue weighted by atomic mass is 9.88. The normalized spacial score (nSPS) is 14.7. The van der Waals surface area contributed by atoms with Crippen molar-refractivity contribution in [1.82, 2.24) is 0 Å². The van der Waals surface area contributed by atoms with Gasteiger partial charge in [-0.25, -0.2) is 0 Å². The third kappa shape index (κ3) is 3.97. The van der Waals surface area contributed by atoms with Gasteiger partial charge in [0, 0.05) is 5.92 Å². The Morgan fingerprint density at radius 3 is 2.31 bits per heavy atom. The number of unbranched alkanes of at least 4 members (excludes halogenated alkanes) is 2. The Morgan fingerprint density at radius 1 is 1.06 bits per heavy atom. The molecule has 0 aliphatic carbocycles. The summed E-state index contributed by atoms with van der Waals surface area (Å²) in [4.78, 5) is 0. The van der Waals surface area contributed by atoms with Crippen LogP contribution in [0.5, 0.6) is 0 Å². The highest BCUT2D eigenvalue weighted by Gasteiger charge is 2.18. The maximum absolute atomic E-state index is 10.2. The molecule has 0 saturated heterocycles. The van der Waals surface area contributed by atoms with E-state index in [0.717, 1.165) is 19.3 Å². The first kappa shape index (κ1) is 13.2. The summed E-state index contributed by atoms with van der Waals surface area (Å²) in [5.41, 5.74) is 1.27. The van der Waals surface area contributed by atoms with Gasteiger partial charge in [-0.05, 0) is 18.4 Å². The van der Waals surface area contributed by atoms with Crippen molar-refractivity contribution < 1.29 is 5.11 Å². The number of aliphatic hydroxyl groups is 1. The van der Waals surface area contributed by atoms with Gasteiger partial charge in [-0.2, -0.15) is 0 Å². The molecule has 0 aliphatic rings. The maximum atomic E-state index is 10.2. The van der Waals surface area contributed by atoms with Crippen LogP contribution in [0.2, 0.25) is 0 Å². The minimum atomic E-state index is -0.182. The fourth-order valence-corrected chi connectivity index (χ4v) is 2.23. The summed E-state index contributed by atoms with van der Waals surface area (Å²) in [6, 6.07) is 10.4. The molecule has 0 saturated carbocycles. The first-order chi connectivity index (χ1) is 7.79. The summed E-state index contributed by atoms with van der Waals surface area (Å²) < 4.78 is 0. The predicted molar refractivity (Wildman–Crippen MR) is 69.6 cm³/mol. The Kier molecular flexibility index (Phi) is 6.17. The average Bonchev–Trinajstić information content (AvgIpc) is 2.32. The van der Waals surface area contributed by atoms with Crippen molar-refractivity contribution in [2.45, 2.75) is 58.0 Å². The van der Waals surface area contributed by atoms with Crippen LogP contribution in [-0.2, 0) is 0 Å². The lowest BCUT2D eigenvalue weighted by molar-refractivity contribution is 0.128. The number of hydrogen-bond donors (Lipinski definition) is 1. The van der Waals surface area contributed by atoms with Crippen LogP contribution in [0, 0.1) is 0 Å². The SMILES string of the molecule is CCCCCC(O)C(CC)c1ccccc1. The van der Waals surface area contributed by atoms with E-state index in [2.05, 4.69) is 38.1 Å². The quantitative estimate of drug-likeness (QED) is 0.685. The Bertz CT molecular complexity index is 268. The van der Waals surface area contributed by atoms with Crippen molar-refractivity contribution in [1.29, 1.82) is 0 Å². The molecule has 0 spiro atoms. The van der Waals surface area contributed by atoms with Crippen molar-refractivity contribution in [3.63, 3.8) is 0 Å². The molecule has 0 aromatic heterocycles. The predicted octanol–water partition coefficient (Wildman–Crippen LogP) is 4.12. The lowest BCUT2D eigenvalue weighted by Crippen LogP contribution is -2.17. The van der Waals surface area contributed by atoms with Gasteiger partial charge >= 0.3 is 0 Å². The second-order valence-electron chi connectivity index (χ2n) is 4.49. The van der Waals surface area contributed by atoms with E-state index >= 15 is 0 Å². The van der Waals surface area contributed by atoms with E-state index in [1.54, 1.807) is 0 Å². The van der Waals surface area contributed by atoms with Gasteiger partial charge in [0.15, 0.2) is 0 Å². The van der Waals surface area contributed by atoms with Crippen LogP contribution in [0.3, 0.4) is 0 Å². The number of benzene rings is 1. The molecule has 0 aliphatic heterocycles. The Hall–Kier alpha value is -0.820. The molecule has 1 aromatic rings. The minimum Gasteiger partial charge on any atom is -0.392 e. The topological polar surface area (TPSA) is 20.2 Å². The van der Waals surface area contributed by atoms with Gasteiger partial charge in [0.05, 0.1) is 6.10 Å². The fraction of sp³-hybridized carbons (Fsp3) is 0.600. The highest BCUT2D eigenvalue weighted by molar-refractivity contribution is 5.20. The molecule has 0 bridgehead atoms. The maximum Gasteiger partial charge on any atom is 0.0608 e. The first-order valence-electron chi connectivity index (χ1n) is 6.52. The molecule has 90 valence electrons. The van der Waals surface area contributed by atoms with Crippen molar-refractivity contribution in [2.75, 3.05) is 0 Å². The molecule has 0 fully saturated rings. The monoisotopic (exact) mass is 220 g/mol. The summed E-state index contributed by atoms with van der Waals surface area (Å²) >= 11 is 0. The average molecular weight is 220 g/mol. The molecule has 2 atom stereocenters. The van der Waals surface area contributed by atoms with Crippen LogP contribution in [0.15, 0.2) is 30.3 Å². The Balaban J connectivity index is 2.53. The molecule has 2 unspecified atom stereocenters. The molecular formula is C15H24O. The fourth-order valence-electron chi connectivity index (χ4n) is 2.23. The largest absolute Gasteiger partial charge is 0.392 e. The molecule has 0 heterocycles. The zero-order valence-electron chi connectivity index (χ0n) is 10.5. The Morgan fingerprint density at radius 2 is 1.75 bits per heavy atom. The smallest absolute Gasteiger partial charge is 0.0608 e. The summed E-state index contributed by atoms with van der Waals surface area (Å²) in [5.74, 6) is 0.304. The molecule has 1 N–H and O–H groups in total. The number of rotatable bonds is 7. The van der Waals surface area contributed by atoms with Crippen molar-refractivity contribution >= 4 is 0 Å². The lowest BCUT2D eigenvalue weighted by Gasteiger charge is -2.22. The molecular weight excluding hydrogens is 196 g/mol. The van der Waals surface area contributed by atoms with E-state index in [1.807, 2.05) is 6.07 Å². The summed E-state index contributed by atoms with van der Waals surface area (Å²) in [7, 11) is 0. The summed E-state index contributed by atoms with van der Waals surface area (Å²) in [5, 5.41) is 10.2. The second kappa shape index (κ2) is 7.45. The van der Waals surface area contributed by atoms with Gasteiger partial charge < -0.3 is 5.11 Å². The van der Waals surface area contributed by atoms with Gasteiger partial charge in [0.1, 0.15) is 0 Å². The molecule has 0 radical (unpaired) electrons. The van der Waals surface area contributed by atoms with Crippen LogP contribution in [-0.4, -0.2) is 11.2 Å². The van der Waals surface area contributed by atoms with Crippen LogP contribution in [0.1, 0.15) is 57.4 Å². The first-order valence-corrected chi connectivity index (χ1v) is 6.52. The minimum absolute atomic E-state index is 0.182. The molecule has 1 heteroatoms. The molecule has 0 amide bonds. The van der Waals surface area contributed by atoms with Crippen LogP contribution in [0.4, 0.5) is 0 Å². The molecule has 1 aromatic carbocycles. The van der Waals surface area contributed by atoms with Crippen molar-refractivity contribution in [2.24, 2.45) is 0 Å². The van der Waals surface area contributed by atoms with E-state index < -0.39 is 0 Å². The van der Waals surface area contributed by atoms with Crippen LogP contribution in [0.25, 0.3) is 0 Å². The van der Waals surface area contributed by atoms with E-state index in [4.69, 9.17) is 0 Å². The number of hydrogen-bond acceptors (Lipinski definition) is 1. The third-order valence-corrected chi connectivity index (χ3v) is 3.24. The zero-order valence-corrected chi connectivity index (χ0v) is 10.5.